The molecule has 2 aromatic heterocycles. The van der Waals surface area contributed by atoms with Crippen LogP contribution in [0.15, 0.2) is 223 Å². The summed E-state index contributed by atoms with van der Waals surface area (Å²) < 4.78 is 6.58. The molecular formula is C58H37N3O. The van der Waals surface area contributed by atoms with Crippen LogP contribution in [0.1, 0.15) is 22.6 Å². The molecule has 290 valence electrons. The van der Waals surface area contributed by atoms with Crippen LogP contribution >= 0.6 is 0 Å². The summed E-state index contributed by atoms with van der Waals surface area (Å²) in [5.41, 5.74) is 17.6. The highest BCUT2D eigenvalue weighted by atomic mass is 16.3. The van der Waals surface area contributed by atoms with Crippen LogP contribution in [0.2, 0.25) is 0 Å². The van der Waals surface area contributed by atoms with Gasteiger partial charge in [-0.05, 0) is 97.6 Å². The topological polar surface area (TPSA) is 51.8 Å². The molecule has 2 heterocycles. The van der Waals surface area contributed by atoms with E-state index in [9.17, 15) is 0 Å². The molecule has 0 amide bonds. The van der Waals surface area contributed by atoms with Crippen LogP contribution in [0.4, 0.5) is 0 Å². The second-order valence-corrected chi connectivity index (χ2v) is 15.9. The molecule has 0 saturated carbocycles. The van der Waals surface area contributed by atoms with Gasteiger partial charge in [-0.2, -0.15) is 0 Å². The number of nitrogens with zero attached hydrogens (tertiary/aromatic N) is 3. The fraction of sp³-hybridized carbons (Fsp3) is 0.0172. The predicted molar refractivity (Wildman–Crippen MR) is 253 cm³/mol. The smallest absolute Gasteiger partial charge is 0.164 e. The van der Waals surface area contributed by atoms with Crippen molar-refractivity contribution in [1.82, 2.24) is 15.0 Å². The molecule has 0 N–H and O–H groups in total. The van der Waals surface area contributed by atoms with Crippen LogP contribution in [-0.2, 0) is 0 Å². The first kappa shape index (κ1) is 35.7. The molecule has 0 bridgehead atoms. The van der Waals surface area contributed by atoms with Gasteiger partial charge in [0.2, 0.25) is 0 Å². The first-order valence-electron chi connectivity index (χ1n) is 21.0. The minimum atomic E-state index is 0.205. The Bertz CT molecular complexity index is 3360. The van der Waals surface area contributed by atoms with Gasteiger partial charge < -0.3 is 4.42 Å². The molecule has 11 aromatic rings. The summed E-state index contributed by atoms with van der Waals surface area (Å²) in [6.45, 7) is 0. The zero-order chi connectivity index (χ0) is 41.0. The zero-order valence-electron chi connectivity index (χ0n) is 33.6. The average Bonchev–Trinajstić information content (AvgIpc) is 3.90. The van der Waals surface area contributed by atoms with Gasteiger partial charge in [-0.25, -0.2) is 15.0 Å². The molecule has 1 aliphatic rings. The van der Waals surface area contributed by atoms with Gasteiger partial charge in [0.25, 0.3) is 0 Å². The van der Waals surface area contributed by atoms with Crippen molar-refractivity contribution in [3.8, 4) is 78.7 Å². The van der Waals surface area contributed by atoms with Gasteiger partial charge in [0.15, 0.2) is 17.5 Å². The number of fused-ring (bicyclic) bond motifs is 6. The van der Waals surface area contributed by atoms with Crippen LogP contribution in [-0.4, -0.2) is 15.0 Å². The standard InChI is InChI=1S/C58H37N3O/c1-4-15-37(16-5-1)40-21-12-23-44(33-40)56-59-57(45-24-13-22-41(34-45)38-17-6-2-7-18-38)61-58(60-56)49-27-14-28-53-55(49)51-36-43(30-32-52(51)62-53)42-29-31-48-50(35-42)46-25-10-11-26-47(46)54(48)39-19-8-3-9-20-39/h1-36,54H. The molecular weight excluding hydrogens is 755 g/mol. The number of aromatic nitrogens is 3. The summed E-state index contributed by atoms with van der Waals surface area (Å²) in [5, 5.41) is 1.98. The van der Waals surface area contributed by atoms with Gasteiger partial charge >= 0.3 is 0 Å². The SMILES string of the molecule is c1ccc(-c2cccc(-c3nc(-c4cccc(-c5ccccc5)c4)nc(-c4cccc5oc6ccc(-c7ccc8c(c7)-c7ccccc7C8c7ccccc7)cc6c45)n3)c2)cc1. The van der Waals surface area contributed by atoms with Crippen LogP contribution in [0.25, 0.3) is 101 Å². The fourth-order valence-corrected chi connectivity index (χ4v) is 9.27. The van der Waals surface area contributed by atoms with Gasteiger partial charge in [-0.1, -0.05) is 182 Å². The van der Waals surface area contributed by atoms with Crippen LogP contribution < -0.4 is 0 Å². The van der Waals surface area contributed by atoms with Crippen LogP contribution in [0.3, 0.4) is 0 Å². The first-order valence-corrected chi connectivity index (χ1v) is 21.0. The van der Waals surface area contributed by atoms with Gasteiger partial charge in [0.1, 0.15) is 11.2 Å². The van der Waals surface area contributed by atoms with E-state index >= 15 is 0 Å². The number of hydrogen-bond donors (Lipinski definition) is 0. The third kappa shape index (κ3) is 6.20. The summed E-state index contributed by atoms with van der Waals surface area (Å²) in [6, 6.07) is 77.0. The van der Waals surface area contributed by atoms with Crippen molar-refractivity contribution in [2.75, 3.05) is 0 Å². The maximum absolute atomic E-state index is 6.58. The lowest BCUT2D eigenvalue weighted by molar-refractivity contribution is 0.669. The maximum Gasteiger partial charge on any atom is 0.164 e. The molecule has 0 aliphatic heterocycles. The number of hydrogen-bond acceptors (Lipinski definition) is 4. The van der Waals surface area contributed by atoms with Crippen molar-refractivity contribution in [1.29, 1.82) is 0 Å². The van der Waals surface area contributed by atoms with E-state index < -0.39 is 0 Å². The Morgan fingerprint density at radius 3 is 1.50 bits per heavy atom. The highest BCUT2D eigenvalue weighted by molar-refractivity contribution is 6.13. The number of rotatable bonds is 7. The molecule has 62 heavy (non-hydrogen) atoms. The third-order valence-electron chi connectivity index (χ3n) is 12.2. The Morgan fingerprint density at radius 2 is 0.806 bits per heavy atom. The van der Waals surface area contributed by atoms with Crippen LogP contribution in [0, 0.1) is 0 Å². The van der Waals surface area contributed by atoms with Crippen LogP contribution in [0.5, 0.6) is 0 Å². The lowest BCUT2D eigenvalue weighted by Gasteiger charge is -2.14. The molecule has 4 nitrogen and oxygen atoms in total. The Labute approximate surface area is 359 Å². The molecule has 0 radical (unpaired) electrons. The summed E-state index contributed by atoms with van der Waals surface area (Å²) in [4.78, 5) is 15.7. The van der Waals surface area contributed by atoms with Crippen molar-refractivity contribution in [3.05, 3.63) is 235 Å². The molecule has 1 atom stereocenters. The van der Waals surface area contributed by atoms with Gasteiger partial charge in [0, 0.05) is 33.4 Å². The monoisotopic (exact) mass is 791 g/mol. The Hall–Kier alpha value is -8.21. The molecule has 1 unspecified atom stereocenters. The predicted octanol–water partition coefficient (Wildman–Crippen LogP) is 14.9. The third-order valence-corrected chi connectivity index (χ3v) is 12.2. The van der Waals surface area contributed by atoms with E-state index in [1.54, 1.807) is 0 Å². The minimum absolute atomic E-state index is 0.205. The van der Waals surface area contributed by atoms with E-state index in [1.807, 2.05) is 24.3 Å². The fourth-order valence-electron chi connectivity index (χ4n) is 9.27. The second kappa shape index (κ2) is 14.8. The van der Waals surface area contributed by atoms with Crippen molar-refractivity contribution >= 4 is 21.9 Å². The van der Waals surface area contributed by atoms with Crippen molar-refractivity contribution in [2.24, 2.45) is 0 Å². The van der Waals surface area contributed by atoms with E-state index in [4.69, 9.17) is 19.4 Å². The molecule has 9 aromatic carbocycles. The Kier molecular flexibility index (Phi) is 8.53. The quantitative estimate of drug-likeness (QED) is 0.161. The zero-order valence-corrected chi connectivity index (χ0v) is 33.6. The van der Waals surface area contributed by atoms with Crippen molar-refractivity contribution in [2.45, 2.75) is 5.92 Å². The van der Waals surface area contributed by atoms with Gasteiger partial charge in [-0.15, -0.1) is 0 Å². The molecule has 0 fully saturated rings. The minimum Gasteiger partial charge on any atom is -0.456 e. The van der Waals surface area contributed by atoms with E-state index in [-0.39, 0.29) is 5.92 Å². The van der Waals surface area contributed by atoms with E-state index in [2.05, 4.69) is 194 Å². The summed E-state index contributed by atoms with van der Waals surface area (Å²) in [5.74, 6) is 1.99. The largest absolute Gasteiger partial charge is 0.456 e. The summed E-state index contributed by atoms with van der Waals surface area (Å²) in [6.07, 6.45) is 0. The second-order valence-electron chi connectivity index (χ2n) is 15.9. The molecule has 0 saturated heterocycles. The Morgan fingerprint density at radius 1 is 0.306 bits per heavy atom. The van der Waals surface area contributed by atoms with Crippen molar-refractivity contribution in [3.63, 3.8) is 0 Å². The Balaban J connectivity index is 1.01. The first-order chi connectivity index (χ1) is 30.7. The van der Waals surface area contributed by atoms with E-state index in [0.29, 0.717) is 17.5 Å². The lowest BCUT2D eigenvalue weighted by atomic mass is 9.89. The molecule has 1 aliphatic carbocycles. The summed E-state index contributed by atoms with van der Waals surface area (Å²) >= 11 is 0. The lowest BCUT2D eigenvalue weighted by Crippen LogP contribution is -2.00. The van der Waals surface area contributed by atoms with Gasteiger partial charge in [0.05, 0.1) is 0 Å². The average molecular weight is 792 g/mol. The van der Waals surface area contributed by atoms with E-state index in [0.717, 1.165) is 72.0 Å². The number of furan rings is 1. The normalized spacial score (nSPS) is 13.0. The molecule has 4 heteroatoms. The van der Waals surface area contributed by atoms with Gasteiger partial charge in [-0.3, -0.25) is 0 Å². The summed E-state index contributed by atoms with van der Waals surface area (Å²) in [7, 11) is 0. The van der Waals surface area contributed by atoms with Crippen molar-refractivity contribution < 1.29 is 4.42 Å². The molecule has 0 spiro atoms. The number of benzene rings is 9. The highest BCUT2D eigenvalue weighted by Crippen LogP contribution is 2.49. The molecule has 12 rings (SSSR count). The highest BCUT2D eigenvalue weighted by Gasteiger charge is 2.30. The van der Waals surface area contributed by atoms with E-state index in [1.165, 1.54) is 27.8 Å². The maximum atomic E-state index is 6.58.